The van der Waals surface area contributed by atoms with Crippen molar-refractivity contribution in [3.05, 3.63) is 46.3 Å². The van der Waals surface area contributed by atoms with Crippen molar-refractivity contribution in [1.82, 2.24) is 15.2 Å². The van der Waals surface area contributed by atoms with Gasteiger partial charge in [0.05, 0.1) is 15.9 Å². The van der Waals surface area contributed by atoms with E-state index >= 15 is 0 Å². The van der Waals surface area contributed by atoms with Crippen LogP contribution in [0.5, 0.6) is 0 Å². The number of aromatic nitrogens is 3. The number of carbonyl (C=O) groups excluding carboxylic acids is 2. The highest BCUT2D eigenvalue weighted by atomic mass is 32.2. The van der Waals surface area contributed by atoms with Gasteiger partial charge in [0.15, 0.2) is 5.78 Å². The Labute approximate surface area is 134 Å². The number of rotatable bonds is 4. The van der Waals surface area contributed by atoms with Crippen LogP contribution in [0.1, 0.15) is 10.4 Å². The molecule has 0 spiro atoms. The normalized spacial score (nSPS) is 18.0. The van der Waals surface area contributed by atoms with Gasteiger partial charge < -0.3 is 0 Å². The molecule has 1 amide bonds. The topological polar surface area (TPSA) is 122 Å². The first-order valence-corrected chi connectivity index (χ1v) is 7.67. The smallest absolute Gasteiger partial charge is 0.270 e. The number of carbonyl (C=O) groups is 2. The van der Waals surface area contributed by atoms with Gasteiger partial charge in [-0.2, -0.15) is 10.1 Å². The van der Waals surface area contributed by atoms with Crippen molar-refractivity contribution in [3.63, 3.8) is 0 Å². The van der Waals surface area contributed by atoms with Gasteiger partial charge in [-0.05, 0) is 0 Å². The quantitative estimate of drug-likeness (QED) is 0.504. The second kappa shape index (κ2) is 6.16. The Morgan fingerprint density at radius 1 is 1.48 bits per heavy atom. The summed E-state index contributed by atoms with van der Waals surface area (Å²) in [6.07, 6.45) is 1.28. The summed E-state index contributed by atoms with van der Waals surface area (Å²) in [6.45, 7) is 0.139. The number of hydrogen-bond donors (Lipinski definition) is 1. The van der Waals surface area contributed by atoms with Crippen LogP contribution in [0.15, 0.2) is 30.6 Å². The minimum absolute atomic E-state index is 0.131. The predicted molar refractivity (Wildman–Crippen MR) is 82.4 cm³/mol. The molecule has 3 rings (SSSR count). The number of hydrogen-bond acceptors (Lipinski definition) is 7. The first kappa shape index (κ1) is 15.2. The molecule has 1 aromatic carbocycles. The van der Waals surface area contributed by atoms with Crippen LogP contribution >= 0.6 is 11.8 Å². The van der Waals surface area contributed by atoms with Gasteiger partial charge in [-0.25, -0.2) is 5.10 Å². The maximum absolute atomic E-state index is 12.6. The SMILES string of the molecule is O=C(c1cccc([N+](=O)[O-])c1)C1CN(c2ncn[nH]2)C(=O)CS1. The Balaban J connectivity index is 1.81. The number of Topliss-reactive ketones (excluding diaryl/α,β-unsaturated/α-hetero) is 1. The number of nitrogens with one attached hydrogen (secondary N) is 1. The number of non-ortho nitro benzene ring substituents is 1. The summed E-state index contributed by atoms with van der Waals surface area (Å²) in [5.74, 6) is -0.0100. The minimum atomic E-state index is -0.546. The van der Waals surface area contributed by atoms with E-state index in [0.29, 0.717) is 0 Å². The van der Waals surface area contributed by atoms with Crippen LogP contribution in [0, 0.1) is 10.1 Å². The average molecular weight is 333 g/mol. The Kier molecular flexibility index (Phi) is 4.06. The van der Waals surface area contributed by atoms with E-state index in [1.54, 1.807) is 0 Å². The van der Waals surface area contributed by atoms with E-state index < -0.39 is 10.2 Å². The summed E-state index contributed by atoms with van der Waals surface area (Å²) in [7, 11) is 0. The van der Waals surface area contributed by atoms with Crippen LogP contribution in [0.4, 0.5) is 11.6 Å². The van der Waals surface area contributed by atoms with Gasteiger partial charge >= 0.3 is 0 Å². The molecule has 0 radical (unpaired) electrons. The molecule has 1 N–H and O–H groups in total. The fourth-order valence-corrected chi connectivity index (χ4v) is 3.26. The Morgan fingerprint density at radius 3 is 3.00 bits per heavy atom. The van der Waals surface area contributed by atoms with Crippen molar-refractivity contribution < 1.29 is 14.5 Å². The number of benzene rings is 1. The molecule has 10 heteroatoms. The Hall–Kier alpha value is -2.75. The Morgan fingerprint density at radius 2 is 2.30 bits per heavy atom. The molecule has 0 saturated carbocycles. The van der Waals surface area contributed by atoms with Crippen LogP contribution < -0.4 is 4.90 Å². The van der Waals surface area contributed by atoms with Gasteiger partial charge in [-0.1, -0.05) is 12.1 Å². The fraction of sp³-hybridized carbons (Fsp3) is 0.231. The van der Waals surface area contributed by atoms with Crippen LogP contribution in [0.3, 0.4) is 0 Å². The molecule has 23 heavy (non-hydrogen) atoms. The monoisotopic (exact) mass is 333 g/mol. The number of anilines is 1. The third kappa shape index (κ3) is 3.06. The third-order valence-electron chi connectivity index (χ3n) is 3.35. The summed E-state index contributed by atoms with van der Waals surface area (Å²) in [5.41, 5.74) is 0.114. The molecule has 1 unspecified atom stereocenters. The van der Waals surface area contributed by atoms with Gasteiger partial charge in [0, 0.05) is 24.2 Å². The van der Waals surface area contributed by atoms with E-state index in [-0.39, 0.29) is 41.2 Å². The number of H-pyrrole nitrogens is 1. The largest absolute Gasteiger partial charge is 0.293 e. The lowest BCUT2D eigenvalue weighted by atomic mass is 10.1. The van der Waals surface area contributed by atoms with E-state index in [4.69, 9.17) is 0 Å². The number of ketones is 1. The van der Waals surface area contributed by atoms with Gasteiger partial charge in [0.2, 0.25) is 11.9 Å². The summed E-state index contributed by atoms with van der Waals surface area (Å²) in [4.78, 5) is 40.1. The molecule has 118 valence electrons. The lowest BCUT2D eigenvalue weighted by Gasteiger charge is -2.29. The number of amides is 1. The summed E-state index contributed by atoms with van der Waals surface area (Å²) in [6, 6.07) is 5.58. The maximum atomic E-state index is 12.6. The third-order valence-corrected chi connectivity index (χ3v) is 4.53. The maximum Gasteiger partial charge on any atom is 0.270 e. The number of aromatic amines is 1. The number of nitro benzene ring substituents is 1. The van der Waals surface area contributed by atoms with E-state index in [0.717, 1.165) is 0 Å². The zero-order chi connectivity index (χ0) is 16.4. The van der Waals surface area contributed by atoms with Gasteiger partial charge in [0.25, 0.3) is 5.69 Å². The van der Waals surface area contributed by atoms with Crippen molar-refractivity contribution in [2.75, 3.05) is 17.2 Å². The fourth-order valence-electron chi connectivity index (χ4n) is 2.22. The molecule has 2 heterocycles. The first-order chi connectivity index (χ1) is 11.1. The van der Waals surface area contributed by atoms with Crippen molar-refractivity contribution in [2.45, 2.75) is 5.25 Å². The highest BCUT2D eigenvalue weighted by Crippen LogP contribution is 2.26. The molecule has 1 aliphatic heterocycles. The zero-order valence-electron chi connectivity index (χ0n) is 11.7. The van der Waals surface area contributed by atoms with Gasteiger partial charge in [0.1, 0.15) is 6.33 Å². The van der Waals surface area contributed by atoms with Crippen molar-refractivity contribution in [1.29, 1.82) is 0 Å². The van der Waals surface area contributed by atoms with Crippen molar-refractivity contribution in [3.8, 4) is 0 Å². The van der Waals surface area contributed by atoms with Crippen LogP contribution in [0.25, 0.3) is 0 Å². The van der Waals surface area contributed by atoms with E-state index in [1.165, 1.54) is 47.3 Å². The van der Waals surface area contributed by atoms with Crippen LogP contribution in [-0.4, -0.2) is 49.3 Å². The lowest BCUT2D eigenvalue weighted by molar-refractivity contribution is -0.384. The molecule has 0 aliphatic carbocycles. The molecule has 1 atom stereocenters. The minimum Gasteiger partial charge on any atom is -0.293 e. The molecule has 1 fully saturated rings. The molecular weight excluding hydrogens is 322 g/mol. The standard InChI is InChI=1S/C13H11N5O4S/c19-11-6-23-10(5-17(11)13-14-7-15-16-13)12(20)8-2-1-3-9(4-8)18(21)22/h1-4,7,10H,5-6H2,(H,14,15,16). The predicted octanol–water partition coefficient (Wildman–Crippen LogP) is 1.04. The summed E-state index contributed by atoms with van der Waals surface area (Å²) in [5, 5.41) is 16.6. The average Bonchev–Trinajstić information content (AvgIpc) is 3.09. The van der Waals surface area contributed by atoms with E-state index in [1.807, 2.05) is 0 Å². The van der Waals surface area contributed by atoms with Crippen molar-refractivity contribution >= 4 is 35.1 Å². The lowest BCUT2D eigenvalue weighted by Crippen LogP contribution is -2.45. The summed E-state index contributed by atoms with van der Waals surface area (Å²) >= 11 is 1.22. The second-order valence-corrected chi connectivity index (χ2v) is 5.98. The molecule has 2 aromatic rings. The van der Waals surface area contributed by atoms with E-state index in [9.17, 15) is 19.7 Å². The highest BCUT2D eigenvalue weighted by molar-refractivity contribution is 8.01. The second-order valence-electron chi connectivity index (χ2n) is 4.78. The summed E-state index contributed by atoms with van der Waals surface area (Å²) < 4.78 is 0. The molecular formula is C13H11N5O4S. The molecule has 1 saturated heterocycles. The number of nitrogens with zero attached hydrogens (tertiary/aromatic N) is 4. The van der Waals surface area contributed by atoms with Crippen molar-refractivity contribution in [2.24, 2.45) is 0 Å². The number of thioether (sulfide) groups is 1. The molecule has 1 aromatic heterocycles. The van der Waals surface area contributed by atoms with E-state index in [2.05, 4.69) is 15.2 Å². The Bertz CT molecular complexity index is 763. The molecule has 9 nitrogen and oxygen atoms in total. The first-order valence-electron chi connectivity index (χ1n) is 6.62. The van der Waals surface area contributed by atoms with Gasteiger partial charge in [-0.3, -0.25) is 24.6 Å². The zero-order valence-corrected chi connectivity index (χ0v) is 12.5. The molecule has 1 aliphatic rings. The van der Waals surface area contributed by atoms with Gasteiger partial charge in [-0.15, -0.1) is 11.8 Å². The number of nitro groups is 1. The van der Waals surface area contributed by atoms with Crippen LogP contribution in [0.2, 0.25) is 0 Å². The molecule has 0 bridgehead atoms. The van der Waals surface area contributed by atoms with Crippen LogP contribution in [-0.2, 0) is 4.79 Å². The highest BCUT2D eigenvalue weighted by Gasteiger charge is 2.33.